The molecule has 1 aromatic rings. The average molecular weight is 253 g/mol. The number of piperidine rings is 1. The number of nitrogens with one attached hydrogen (secondary N) is 1. The van der Waals surface area contributed by atoms with E-state index >= 15 is 0 Å². The van der Waals surface area contributed by atoms with Gasteiger partial charge >= 0.3 is 0 Å². The average Bonchev–Trinajstić information content (AvgIpc) is 2.76. The van der Waals surface area contributed by atoms with Crippen molar-refractivity contribution in [3.63, 3.8) is 0 Å². The molecule has 4 nitrogen and oxygen atoms in total. The zero-order chi connectivity index (χ0) is 12.3. The summed E-state index contributed by atoms with van der Waals surface area (Å²) in [5.41, 5.74) is 0.611. The van der Waals surface area contributed by atoms with E-state index in [0.29, 0.717) is 11.6 Å². The SMILES string of the molecule is CNCC1CCN(C(=O)c2csc(C)n2)CC1. The molecule has 1 saturated heterocycles. The Morgan fingerprint density at radius 3 is 2.82 bits per heavy atom. The Bertz CT molecular complexity index is 383. The molecule has 1 aliphatic rings. The minimum atomic E-state index is 0.0947. The van der Waals surface area contributed by atoms with E-state index in [-0.39, 0.29) is 5.91 Å². The third-order valence-corrected chi connectivity index (χ3v) is 4.01. The van der Waals surface area contributed by atoms with Gasteiger partial charge in [0.2, 0.25) is 0 Å². The first-order chi connectivity index (χ1) is 8.20. The number of rotatable bonds is 3. The Morgan fingerprint density at radius 1 is 1.59 bits per heavy atom. The Morgan fingerprint density at radius 2 is 2.29 bits per heavy atom. The van der Waals surface area contributed by atoms with E-state index in [4.69, 9.17) is 0 Å². The number of amides is 1. The number of likely N-dealkylation sites (tertiary alicyclic amines) is 1. The molecule has 1 aliphatic heterocycles. The molecule has 0 unspecified atom stereocenters. The fourth-order valence-corrected chi connectivity index (χ4v) is 2.84. The summed E-state index contributed by atoms with van der Waals surface area (Å²) in [6.45, 7) is 4.71. The van der Waals surface area contributed by atoms with Crippen molar-refractivity contribution < 1.29 is 4.79 Å². The second kappa shape index (κ2) is 5.60. The highest BCUT2D eigenvalue weighted by Gasteiger charge is 2.24. The summed E-state index contributed by atoms with van der Waals surface area (Å²) in [7, 11) is 1.98. The van der Waals surface area contributed by atoms with Crippen molar-refractivity contribution in [3.05, 3.63) is 16.1 Å². The van der Waals surface area contributed by atoms with Gasteiger partial charge in [-0.15, -0.1) is 11.3 Å². The van der Waals surface area contributed by atoms with Crippen LogP contribution in [0.5, 0.6) is 0 Å². The van der Waals surface area contributed by atoms with Crippen LogP contribution in [0.25, 0.3) is 0 Å². The number of aryl methyl sites for hydroxylation is 1. The number of carbonyl (C=O) groups excluding carboxylic acids is 1. The Labute approximate surface area is 106 Å². The van der Waals surface area contributed by atoms with Gasteiger partial charge in [0.05, 0.1) is 5.01 Å². The van der Waals surface area contributed by atoms with Crippen LogP contribution in [-0.2, 0) is 0 Å². The Kier molecular flexibility index (Phi) is 4.12. The third-order valence-electron chi connectivity index (χ3n) is 3.23. The minimum Gasteiger partial charge on any atom is -0.337 e. The molecule has 0 atom stereocenters. The lowest BCUT2D eigenvalue weighted by Gasteiger charge is -2.31. The quantitative estimate of drug-likeness (QED) is 0.888. The summed E-state index contributed by atoms with van der Waals surface area (Å²) in [4.78, 5) is 18.3. The van der Waals surface area contributed by atoms with Gasteiger partial charge in [0.25, 0.3) is 5.91 Å². The van der Waals surface area contributed by atoms with Crippen LogP contribution >= 0.6 is 11.3 Å². The summed E-state index contributed by atoms with van der Waals surface area (Å²) in [6, 6.07) is 0. The number of carbonyl (C=O) groups is 1. The molecule has 17 heavy (non-hydrogen) atoms. The lowest BCUT2D eigenvalue weighted by atomic mass is 9.97. The molecular formula is C12H19N3OS. The summed E-state index contributed by atoms with van der Waals surface area (Å²) < 4.78 is 0. The molecule has 0 aliphatic carbocycles. The van der Waals surface area contributed by atoms with Crippen molar-refractivity contribution in [2.24, 2.45) is 5.92 Å². The summed E-state index contributed by atoms with van der Waals surface area (Å²) >= 11 is 1.54. The first-order valence-corrected chi connectivity index (χ1v) is 6.94. The second-order valence-electron chi connectivity index (χ2n) is 4.55. The summed E-state index contributed by atoms with van der Waals surface area (Å²) in [5.74, 6) is 0.804. The van der Waals surface area contributed by atoms with Gasteiger partial charge in [-0.1, -0.05) is 0 Å². The highest BCUT2D eigenvalue weighted by molar-refractivity contribution is 7.09. The molecule has 0 saturated carbocycles. The molecule has 0 spiro atoms. The van der Waals surface area contributed by atoms with Gasteiger partial charge in [-0.3, -0.25) is 4.79 Å². The first kappa shape index (κ1) is 12.5. The summed E-state index contributed by atoms with van der Waals surface area (Å²) in [5, 5.41) is 6.02. The molecule has 94 valence electrons. The van der Waals surface area contributed by atoms with E-state index in [1.165, 1.54) is 11.3 Å². The molecule has 1 fully saturated rings. The van der Waals surface area contributed by atoms with Crippen molar-refractivity contribution in [1.29, 1.82) is 0 Å². The van der Waals surface area contributed by atoms with Gasteiger partial charge in [0.1, 0.15) is 5.69 Å². The van der Waals surface area contributed by atoms with Gasteiger partial charge in [0, 0.05) is 18.5 Å². The van der Waals surface area contributed by atoms with Crippen LogP contribution in [-0.4, -0.2) is 42.5 Å². The maximum Gasteiger partial charge on any atom is 0.273 e. The predicted octanol–water partition coefficient (Wildman–Crippen LogP) is 1.52. The predicted molar refractivity (Wildman–Crippen MR) is 69.4 cm³/mol. The zero-order valence-corrected chi connectivity index (χ0v) is 11.2. The van der Waals surface area contributed by atoms with Gasteiger partial charge in [-0.2, -0.15) is 0 Å². The molecule has 1 aromatic heterocycles. The number of hydrogen-bond donors (Lipinski definition) is 1. The van der Waals surface area contributed by atoms with Crippen LogP contribution in [0.3, 0.4) is 0 Å². The van der Waals surface area contributed by atoms with Crippen LogP contribution < -0.4 is 5.32 Å². The second-order valence-corrected chi connectivity index (χ2v) is 5.61. The largest absolute Gasteiger partial charge is 0.337 e. The van der Waals surface area contributed by atoms with Crippen molar-refractivity contribution in [1.82, 2.24) is 15.2 Å². The topological polar surface area (TPSA) is 45.2 Å². The molecule has 0 radical (unpaired) electrons. The molecule has 1 amide bonds. The number of hydrogen-bond acceptors (Lipinski definition) is 4. The molecule has 1 N–H and O–H groups in total. The molecule has 5 heteroatoms. The first-order valence-electron chi connectivity index (χ1n) is 6.06. The van der Waals surface area contributed by atoms with Crippen LogP contribution in [0.1, 0.15) is 28.3 Å². The molecule has 2 heterocycles. The smallest absolute Gasteiger partial charge is 0.273 e. The van der Waals surface area contributed by atoms with Crippen molar-refractivity contribution in [2.75, 3.05) is 26.7 Å². The van der Waals surface area contributed by atoms with Crippen LogP contribution in [0, 0.1) is 12.8 Å². The van der Waals surface area contributed by atoms with E-state index in [9.17, 15) is 4.79 Å². The highest BCUT2D eigenvalue weighted by atomic mass is 32.1. The van der Waals surface area contributed by atoms with Gasteiger partial charge in [0.15, 0.2) is 0 Å². The molecule has 0 bridgehead atoms. The highest BCUT2D eigenvalue weighted by Crippen LogP contribution is 2.19. The van der Waals surface area contributed by atoms with Crippen molar-refractivity contribution in [3.8, 4) is 0 Å². The number of nitrogens with zero attached hydrogens (tertiary/aromatic N) is 2. The zero-order valence-electron chi connectivity index (χ0n) is 10.4. The van der Waals surface area contributed by atoms with Gasteiger partial charge < -0.3 is 10.2 Å². The molecular weight excluding hydrogens is 234 g/mol. The standard InChI is InChI=1S/C12H19N3OS/c1-9-14-11(8-17-9)12(16)15-5-3-10(4-6-15)7-13-2/h8,10,13H,3-7H2,1-2H3. The van der Waals surface area contributed by atoms with Gasteiger partial charge in [-0.25, -0.2) is 4.98 Å². The maximum absolute atomic E-state index is 12.1. The fourth-order valence-electron chi connectivity index (χ4n) is 2.25. The van der Waals surface area contributed by atoms with Crippen LogP contribution in [0.2, 0.25) is 0 Å². The van der Waals surface area contributed by atoms with E-state index < -0.39 is 0 Å². The van der Waals surface area contributed by atoms with E-state index in [2.05, 4.69) is 10.3 Å². The van der Waals surface area contributed by atoms with Crippen LogP contribution in [0.4, 0.5) is 0 Å². The fraction of sp³-hybridized carbons (Fsp3) is 0.667. The van der Waals surface area contributed by atoms with E-state index in [1.54, 1.807) is 0 Å². The third kappa shape index (κ3) is 3.04. The van der Waals surface area contributed by atoms with Crippen molar-refractivity contribution >= 4 is 17.2 Å². The van der Waals surface area contributed by atoms with E-state index in [0.717, 1.165) is 37.5 Å². The number of thiazole rings is 1. The lowest BCUT2D eigenvalue weighted by molar-refractivity contribution is 0.0685. The normalized spacial score (nSPS) is 17.4. The molecule has 2 rings (SSSR count). The monoisotopic (exact) mass is 253 g/mol. The van der Waals surface area contributed by atoms with Crippen LogP contribution in [0.15, 0.2) is 5.38 Å². The summed E-state index contributed by atoms with van der Waals surface area (Å²) in [6.07, 6.45) is 2.19. The Balaban J connectivity index is 1.90. The van der Waals surface area contributed by atoms with Gasteiger partial charge in [-0.05, 0) is 39.3 Å². The maximum atomic E-state index is 12.1. The Hall–Kier alpha value is -0.940. The lowest BCUT2D eigenvalue weighted by Crippen LogP contribution is -2.40. The minimum absolute atomic E-state index is 0.0947. The molecule has 0 aromatic carbocycles. The number of aromatic nitrogens is 1. The van der Waals surface area contributed by atoms with E-state index in [1.807, 2.05) is 24.3 Å². The van der Waals surface area contributed by atoms with Crippen molar-refractivity contribution in [2.45, 2.75) is 19.8 Å².